The fourth-order valence-corrected chi connectivity index (χ4v) is 3.72. The van der Waals surface area contributed by atoms with E-state index in [1.165, 1.54) is 11.6 Å². The number of rotatable bonds is 4. The smallest absolute Gasteiger partial charge is 0.379 e. The summed E-state index contributed by atoms with van der Waals surface area (Å²) in [4.78, 5) is 1.80. The number of hydrogen-bond acceptors (Lipinski definition) is 3. The van der Waals surface area contributed by atoms with Gasteiger partial charge in [-0.25, -0.2) is 0 Å². The van der Waals surface area contributed by atoms with Gasteiger partial charge in [-0.2, -0.15) is 18.4 Å². The number of alkyl halides is 3. The van der Waals surface area contributed by atoms with Gasteiger partial charge in [0.15, 0.2) is 0 Å². The Morgan fingerprint density at radius 3 is 2.52 bits per heavy atom. The van der Waals surface area contributed by atoms with Crippen molar-refractivity contribution in [2.45, 2.75) is 31.2 Å². The lowest BCUT2D eigenvalue weighted by Gasteiger charge is -2.38. The van der Waals surface area contributed by atoms with E-state index in [1.54, 1.807) is 31.2 Å². The minimum absolute atomic E-state index is 0.113. The molecule has 2 atom stereocenters. The molecule has 0 amide bonds. The molecule has 0 aromatic heterocycles. The van der Waals surface area contributed by atoms with Crippen molar-refractivity contribution in [2.24, 2.45) is 5.92 Å². The average molecular weight is 374 g/mol. The van der Waals surface area contributed by atoms with Crippen molar-refractivity contribution in [2.75, 3.05) is 19.1 Å². The summed E-state index contributed by atoms with van der Waals surface area (Å²) in [5, 5.41) is 8.99. The van der Waals surface area contributed by atoms with Gasteiger partial charge in [-0.3, -0.25) is 0 Å². The summed E-state index contributed by atoms with van der Waals surface area (Å²) >= 11 is 0. The first-order valence-electron chi connectivity index (χ1n) is 8.77. The number of benzene rings is 1. The quantitative estimate of drug-likeness (QED) is 0.706. The van der Waals surface area contributed by atoms with Gasteiger partial charge in [0.1, 0.15) is 0 Å². The largest absolute Gasteiger partial charge is 0.417 e. The Morgan fingerprint density at radius 1 is 1.22 bits per heavy atom. The number of hydrogen-bond donors (Lipinski definition) is 0. The van der Waals surface area contributed by atoms with Crippen LogP contribution in [0.15, 0.2) is 54.2 Å². The van der Waals surface area contributed by atoms with E-state index in [0.29, 0.717) is 5.69 Å². The van der Waals surface area contributed by atoms with Crippen LogP contribution in [0.4, 0.5) is 18.9 Å². The monoisotopic (exact) mass is 374 g/mol. The third-order valence-corrected chi connectivity index (χ3v) is 5.25. The topological polar surface area (TPSA) is 36.3 Å². The molecule has 0 heterocycles. The van der Waals surface area contributed by atoms with Crippen LogP contribution in [0.3, 0.4) is 0 Å². The average Bonchev–Trinajstić information content (AvgIpc) is 3.20. The number of nitrogens with zero attached hydrogens (tertiary/aromatic N) is 2. The van der Waals surface area contributed by atoms with Crippen LogP contribution in [-0.2, 0) is 10.9 Å². The van der Waals surface area contributed by atoms with Crippen molar-refractivity contribution in [3.8, 4) is 6.07 Å². The molecule has 3 rings (SSSR count). The number of halogens is 3. The van der Waals surface area contributed by atoms with E-state index >= 15 is 0 Å². The van der Waals surface area contributed by atoms with Gasteiger partial charge in [0, 0.05) is 25.8 Å². The Balaban J connectivity index is 1.96. The second kappa shape index (κ2) is 7.61. The van der Waals surface area contributed by atoms with Crippen molar-refractivity contribution in [3.05, 3.63) is 65.3 Å². The maximum absolute atomic E-state index is 13.3. The maximum atomic E-state index is 13.3. The van der Waals surface area contributed by atoms with Crippen molar-refractivity contribution >= 4 is 5.69 Å². The van der Waals surface area contributed by atoms with Crippen LogP contribution in [0.2, 0.25) is 0 Å². The van der Waals surface area contributed by atoms with Crippen LogP contribution in [-0.4, -0.2) is 26.3 Å². The van der Waals surface area contributed by atoms with Gasteiger partial charge >= 0.3 is 6.18 Å². The van der Waals surface area contributed by atoms with Crippen molar-refractivity contribution in [1.29, 1.82) is 5.26 Å². The van der Waals surface area contributed by atoms with Crippen molar-refractivity contribution in [3.63, 3.8) is 0 Å². The summed E-state index contributed by atoms with van der Waals surface area (Å²) in [6.07, 6.45) is 7.34. The second-order valence-electron chi connectivity index (χ2n) is 6.79. The molecular weight excluding hydrogens is 353 g/mol. The predicted molar refractivity (Wildman–Crippen MR) is 98.2 cm³/mol. The van der Waals surface area contributed by atoms with E-state index in [9.17, 15) is 13.2 Å². The molecule has 1 aromatic carbocycles. The fraction of sp³-hybridized carbons (Fsp3) is 0.381. The Kier molecular flexibility index (Phi) is 5.43. The Bertz CT molecular complexity index is 821. The Labute approximate surface area is 157 Å². The van der Waals surface area contributed by atoms with Gasteiger partial charge in [0.2, 0.25) is 0 Å². The first-order valence-corrected chi connectivity index (χ1v) is 8.77. The Hall–Kier alpha value is -2.52. The number of ether oxygens (including phenoxy) is 1. The van der Waals surface area contributed by atoms with Gasteiger partial charge in [0.05, 0.1) is 29.3 Å². The molecule has 0 spiro atoms. The zero-order chi connectivity index (χ0) is 19.6. The van der Waals surface area contributed by atoms with Crippen LogP contribution in [0.25, 0.3) is 0 Å². The molecule has 0 fully saturated rings. The highest BCUT2D eigenvalue weighted by Gasteiger charge is 2.35. The molecule has 27 heavy (non-hydrogen) atoms. The van der Waals surface area contributed by atoms with Gasteiger partial charge in [-0.05, 0) is 31.0 Å². The summed E-state index contributed by atoms with van der Waals surface area (Å²) in [7, 11) is 3.39. The molecular formula is C21H21F3N2O. The van der Waals surface area contributed by atoms with E-state index in [-0.39, 0.29) is 23.6 Å². The molecule has 3 nitrogen and oxygen atoms in total. The van der Waals surface area contributed by atoms with E-state index in [4.69, 9.17) is 10.00 Å². The summed E-state index contributed by atoms with van der Waals surface area (Å²) in [5.41, 5.74) is 0.368. The summed E-state index contributed by atoms with van der Waals surface area (Å²) in [6, 6.07) is 5.26. The highest BCUT2D eigenvalue weighted by Crippen LogP contribution is 2.37. The SMILES string of the molecule is CO[C@H]1CCC(C2C=CC=C2)=C[C@@H]1N(C)c1ccc(C#N)c(C(F)(F)F)c1. The van der Waals surface area contributed by atoms with Gasteiger partial charge in [-0.15, -0.1) is 0 Å². The standard InChI is InChI=1S/C21H21F3N2O/c1-26(17-9-7-16(13-25)18(12-17)21(22,23)24)19-11-15(8-10-20(19)27-2)14-5-3-4-6-14/h3-7,9,11-12,14,19-20H,8,10H2,1-2H3/t19-,20-/m0/s1. The first-order chi connectivity index (χ1) is 12.8. The highest BCUT2D eigenvalue weighted by molar-refractivity contribution is 5.56. The molecule has 0 bridgehead atoms. The van der Waals surface area contributed by atoms with Crippen LogP contribution in [0.5, 0.6) is 0 Å². The van der Waals surface area contributed by atoms with E-state index in [2.05, 4.69) is 18.2 Å². The van der Waals surface area contributed by atoms with Gasteiger partial charge < -0.3 is 9.64 Å². The van der Waals surface area contributed by atoms with E-state index < -0.39 is 11.7 Å². The van der Waals surface area contributed by atoms with E-state index in [1.807, 2.05) is 12.2 Å². The molecule has 1 aromatic rings. The summed E-state index contributed by atoms with van der Waals surface area (Å²) in [6.45, 7) is 0. The lowest BCUT2D eigenvalue weighted by Crippen LogP contribution is -2.43. The van der Waals surface area contributed by atoms with Crippen LogP contribution >= 0.6 is 0 Å². The first kappa shape index (κ1) is 19.2. The molecule has 0 unspecified atom stereocenters. The number of likely N-dealkylation sites (N-methyl/N-ethyl adjacent to an activating group) is 1. The predicted octanol–water partition coefficient (Wildman–Crippen LogP) is 4.86. The Morgan fingerprint density at radius 2 is 1.93 bits per heavy atom. The molecule has 2 aliphatic carbocycles. The molecule has 0 aliphatic heterocycles. The molecule has 0 radical (unpaired) electrons. The number of nitriles is 1. The van der Waals surface area contributed by atoms with Gasteiger partial charge in [0.25, 0.3) is 0 Å². The molecule has 142 valence electrons. The molecule has 6 heteroatoms. The fourth-order valence-electron chi connectivity index (χ4n) is 3.72. The van der Waals surface area contributed by atoms with Gasteiger partial charge in [-0.1, -0.05) is 36.0 Å². The van der Waals surface area contributed by atoms with Crippen molar-refractivity contribution in [1.82, 2.24) is 0 Å². The van der Waals surface area contributed by atoms with E-state index in [0.717, 1.165) is 18.9 Å². The van der Waals surface area contributed by atoms with Crippen LogP contribution in [0, 0.1) is 17.2 Å². The normalized spacial score (nSPS) is 22.6. The molecule has 0 saturated heterocycles. The third kappa shape index (κ3) is 3.93. The highest BCUT2D eigenvalue weighted by atomic mass is 19.4. The van der Waals surface area contributed by atoms with Crippen LogP contribution in [0.1, 0.15) is 24.0 Å². The zero-order valence-electron chi connectivity index (χ0n) is 15.2. The second-order valence-corrected chi connectivity index (χ2v) is 6.79. The number of allylic oxidation sites excluding steroid dienone is 5. The molecule has 0 N–H and O–H groups in total. The zero-order valence-corrected chi connectivity index (χ0v) is 15.2. The molecule has 2 aliphatic rings. The maximum Gasteiger partial charge on any atom is 0.417 e. The lowest BCUT2D eigenvalue weighted by molar-refractivity contribution is -0.137. The van der Waals surface area contributed by atoms with Crippen LogP contribution < -0.4 is 4.90 Å². The minimum atomic E-state index is -4.57. The lowest BCUT2D eigenvalue weighted by atomic mass is 9.85. The number of methoxy groups -OCH3 is 1. The van der Waals surface area contributed by atoms with Crippen molar-refractivity contribution < 1.29 is 17.9 Å². The minimum Gasteiger partial charge on any atom is -0.379 e. The third-order valence-electron chi connectivity index (χ3n) is 5.25. The number of anilines is 1. The summed E-state index contributed by atoms with van der Waals surface area (Å²) in [5.74, 6) is 0.241. The molecule has 0 saturated carbocycles. The summed E-state index contributed by atoms with van der Waals surface area (Å²) < 4.78 is 45.5.